The number of anilines is 1. The number of benzene rings is 1. The summed E-state index contributed by atoms with van der Waals surface area (Å²) in [5, 5.41) is 11.6. The molecule has 1 rings (SSSR count). The molecule has 0 heterocycles. The summed E-state index contributed by atoms with van der Waals surface area (Å²) in [4.78, 5) is 24.3. The Labute approximate surface area is 144 Å². The third kappa shape index (κ3) is 7.63. The van der Waals surface area contributed by atoms with E-state index in [9.17, 15) is 9.59 Å². The molecule has 0 aromatic heterocycles. The van der Waals surface area contributed by atoms with Crippen LogP contribution in [0.1, 0.15) is 18.9 Å². The number of aryl methyl sites for hydroxylation is 1. The molecule has 0 aliphatic carbocycles. The number of carbonyl (C=O) groups is 2. The second-order valence-electron chi connectivity index (χ2n) is 4.61. The van der Waals surface area contributed by atoms with Crippen molar-refractivity contribution in [2.75, 3.05) is 25.0 Å². The van der Waals surface area contributed by atoms with Gasteiger partial charge in [-0.25, -0.2) is 0 Å². The average molecular weight is 427 g/mol. The summed E-state index contributed by atoms with van der Waals surface area (Å²) >= 11 is 2.21. The van der Waals surface area contributed by atoms with Crippen LogP contribution >= 0.6 is 35.0 Å². The van der Waals surface area contributed by atoms with Gasteiger partial charge in [0.05, 0.1) is 13.1 Å². The minimum Gasteiger partial charge on any atom is -0.480 e. The molecule has 0 radical (unpaired) electrons. The van der Waals surface area contributed by atoms with Crippen LogP contribution in [0.4, 0.5) is 5.69 Å². The summed E-state index contributed by atoms with van der Waals surface area (Å²) in [5.41, 5.74) is 1.76. The Hall–Kier alpha value is -0.860. The minimum absolute atomic E-state index is 0. The van der Waals surface area contributed by atoms with Crippen molar-refractivity contribution >= 4 is 52.6 Å². The van der Waals surface area contributed by atoms with Crippen molar-refractivity contribution in [1.29, 1.82) is 0 Å². The Kier molecular flexibility index (Phi) is 9.56. The van der Waals surface area contributed by atoms with Crippen LogP contribution in [0.25, 0.3) is 0 Å². The molecule has 1 amide bonds. The molecule has 2 N–H and O–H groups in total. The molecule has 0 bridgehead atoms. The van der Waals surface area contributed by atoms with Crippen LogP contribution in [0.15, 0.2) is 18.2 Å². The molecule has 0 spiro atoms. The number of nitrogens with zero attached hydrogens (tertiary/aromatic N) is 1. The van der Waals surface area contributed by atoms with Gasteiger partial charge in [0.1, 0.15) is 0 Å². The van der Waals surface area contributed by atoms with E-state index in [1.54, 1.807) is 4.90 Å². The standard InChI is InChI=1S/C14H19IN2O3.ClH/c1-3-6-17(9-14(19)20)8-13(18)16-12-5-4-11(15)7-10(12)2;/h4-5,7H,3,6,8-9H2,1-2H3,(H,16,18)(H,19,20);1H. The van der Waals surface area contributed by atoms with E-state index < -0.39 is 5.97 Å². The van der Waals surface area contributed by atoms with Crippen LogP contribution in [0.2, 0.25) is 0 Å². The molecule has 0 aliphatic rings. The molecule has 1 aromatic carbocycles. The summed E-state index contributed by atoms with van der Waals surface area (Å²) in [7, 11) is 0. The number of carbonyl (C=O) groups excluding carboxylic acids is 1. The van der Waals surface area contributed by atoms with Crippen molar-refractivity contribution < 1.29 is 14.7 Å². The largest absolute Gasteiger partial charge is 0.480 e. The van der Waals surface area contributed by atoms with E-state index in [2.05, 4.69) is 27.9 Å². The fraction of sp³-hybridized carbons (Fsp3) is 0.429. The normalized spacial score (nSPS) is 10.1. The molecular formula is C14H20ClIN2O3. The number of halogens is 2. The Balaban J connectivity index is 0.00000400. The first kappa shape index (κ1) is 20.1. The van der Waals surface area contributed by atoms with Gasteiger partial charge in [-0.1, -0.05) is 6.92 Å². The number of nitrogens with one attached hydrogen (secondary N) is 1. The van der Waals surface area contributed by atoms with Gasteiger partial charge >= 0.3 is 5.97 Å². The fourth-order valence-corrected chi connectivity index (χ4v) is 2.53. The van der Waals surface area contributed by atoms with Gasteiger partial charge < -0.3 is 10.4 Å². The van der Waals surface area contributed by atoms with Crippen molar-refractivity contribution in [3.8, 4) is 0 Å². The van der Waals surface area contributed by atoms with Gasteiger partial charge in [-0.05, 0) is 66.2 Å². The van der Waals surface area contributed by atoms with Gasteiger partial charge in [0.2, 0.25) is 5.91 Å². The van der Waals surface area contributed by atoms with E-state index in [4.69, 9.17) is 5.11 Å². The first-order chi connectivity index (χ1) is 9.42. The lowest BCUT2D eigenvalue weighted by Gasteiger charge is -2.19. The van der Waals surface area contributed by atoms with Crippen LogP contribution in [0, 0.1) is 10.5 Å². The number of amides is 1. The number of hydrogen-bond acceptors (Lipinski definition) is 3. The SMILES string of the molecule is CCCN(CC(=O)O)CC(=O)Nc1ccc(I)cc1C.Cl. The lowest BCUT2D eigenvalue weighted by Crippen LogP contribution is -2.37. The van der Waals surface area contributed by atoms with Gasteiger partial charge in [0, 0.05) is 9.26 Å². The Bertz CT molecular complexity index is 497. The van der Waals surface area contributed by atoms with Crippen LogP contribution < -0.4 is 5.32 Å². The van der Waals surface area contributed by atoms with Crippen LogP contribution in [-0.4, -0.2) is 41.5 Å². The summed E-state index contributed by atoms with van der Waals surface area (Å²) < 4.78 is 1.11. The second kappa shape index (κ2) is 9.97. The van der Waals surface area contributed by atoms with E-state index in [-0.39, 0.29) is 31.4 Å². The predicted octanol–water partition coefficient (Wildman–Crippen LogP) is 2.76. The van der Waals surface area contributed by atoms with Crippen molar-refractivity contribution in [3.63, 3.8) is 0 Å². The zero-order chi connectivity index (χ0) is 15.1. The first-order valence-corrected chi connectivity index (χ1v) is 7.50. The highest BCUT2D eigenvalue weighted by molar-refractivity contribution is 14.1. The highest BCUT2D eigenvalue weighted by Gasteiger charge is 2.13. The van der Waals surface area contributed by atoms with Crippen molar-refractivity contribution in [1.82, 2.24) is 4.90 Å². The van der Waals surface area contributed by atoms with E-state index in [0.717, 1.165) is 21.2 Å². The summed E-state index contributed by atoms with van der Waals surface area (Å²) in [5.74, 6) is -1.11. The third-order valence-corrected chi connectivity index (χ3v) is 3.40. The lowest BCUT2D eigenvalue weighted by molar-refractivity contribution is -0.138. The van der Waals surface area contributed by atoms with Crippen LogP contribution in [0.5, 0.6) is 0 Å². The van der Waals surface area contributed by atoms with E-state index in [1.807, 2.05) is 32.0 Å². The van der Waals surface area contributed by atoms with Gasteiger partial charge in [-0.3, -0.25) is 14.5 Å². The minimum atomic E-state index is -0.920. The number of hydrogen-bond donors (Lipinski definition) is 2. The first-order valence-electron chi connectivity index (χ1n) is 6.42. The maximum atomic E-state index is 12.0. The molecule has 0 unspecified atom stereocenters. The van der Waals surface area contributed by atoms with Gasteiger partial charge in [-0.15, -0.1) is 12.4 Å². The monoisotopic (exact) mass is 426 g/mol. The molecule has 0 fully saturated rings. The molecule has 1 aromatic rings. The molecule has 0 saturated carbocycles. The van der Waals surface area contributed by atoms with Crippen molar-refractivity contribution in [2.45, 2.75) is 20.3 Å². The Morgan fingerprint density at radius 3 is 2.52 bits per heavy atom. The highest BCUT2D eigenvalue weighted by Crippen LogP contribution is 2.17. The van der Waals surface area contributed by atoms with Crippen molar-refractivity contribution in [3.05, 3.63) is 27.3 Å². The quantitative estimate of drug-likeness (QED) is 0.658. The van der Waals surface area contributed by atoms with E-state index in [1.165, 1.54) is 0 Å². The molecule has 0 atom stereocenters. The molecule has 0 saturated heterocycles. The van der Waals surface area contributed by atoms with E-state index in [0.29, 0.717) is 6.54 Å². The molecular weight excluding hydrogens is 407 g/mol. The van der Waals surface area contributed by atoms with Gasteiger partial charge in [-0.2, -0.15) is 0 Å². The Morgan fingerprint density at radius 1 is 1.33 bits per heavy atom. The van der Waals surface area contributed by atoms with E-state index >= 15 is 0 Å². The maximum absolute atomic E-state index is 12.0. The number of aliphatic carboxylic acids is 1. The van der Waals surface area contributed by atoms with Gasteiger partial charge in [0.15, 0.2) is 0 Å². The summed E-state index contributed by atoms with van der Waals surface area (Å²) in [6.07, 6.45) is 0.809. The van der Waals surface area contributed by atoms with Crippen LogP contribution in [0.3, 0.4) is 0 Å². The molecule has 21 heavy (non-hydrogen) atoms. The molecule has 0 aliphatic heterocycles. The summed E-state index contributed by atoms with van der Waals surface area (Å²) in [6, 6.07) is 5.76. The van der Waals surface area contributed by atoms with Gasteiger partial charge in [0.25, 0.3) is 0 Å². The number of carboxylic acid groups (broad SMARTS) is 1. The second-order valence-corrected chi connectivity index (χ2v) is 5.86. The number of rotatable bonds is 7. The molecule has 7 heteroatoms. The Morgan fingerprint density at radius 2 is 2.00 bits per heavy atom. The van der Waals surface area contributed by atoms with Crippen LogP contribution in [-0.2, 0) is 9.59 Å². The smallest absolute Gasteiger partial charge is 0.317 e. The maximum Gasteiger partial charge on any atom is 0.317 e. The predicted molar refractivity (Wildman–Crippen MR) is 94.1 cm³/mol. The third-order valence-electron chi connectivity index (χ3n) is 2.73. The summed E-state index contributed by atoms with van der Waals surface area (Å²) in [6.45, 7) is 4.44. The highest BCUT2D eigenvalue weighted by atomic mass is 127. The number of carboxylic acids is 1. The topological polar surface area (TPSA) is 69.6 Å². The zero-order valence-electron chi connectivity index (χ0n) is 12.1. The fourth-order valence-electron chi connectivity index (χ4n) is 1.88. The average Bonchev–Trinajstić information content (AvgIpc) is 2.32. The lowest BCUT2D eigenvalue weighted by atomic mass is 10.2. The molecule has 5 nitrogen and oxygen atoms in total. The van der Waals surface area contributed by atoms with Crippen molar-refractivity contribution in [2.24, 2.45) is 0 Å². The zero-order valence-corrected chi connectivity index (χ0v) is 15.0. The molecule has 118 valence electrons.